The lowest BCUT2D eigenvalue weighted by molar-refractivity contribution is -0.137. The van der Waals surface area contributed by atoms with Crippen LogP contribution in [0.2, 0.25) is 0 Å². The maximum absolute atomic E-state index is 11.8. The van der Waals surface area contributed by atoms with Gasteiger partial charge in [0.25, 0.3) is 0 Å². The van der Waals surface area contributed by atoms with E-state index in [1.165, 1.54) is 50.6 Å². The van der Waals surface area contributed by atoms with Crippen molar-refractivity contribution >= 4 is 22.3 Å². The van der Waals surface area contributed by atoms with Gasteiger partial charge >= 0.3 is 22.3 Å². The third-order valence-corrected chi connectivity index (χ3v) is 4.36. The van der Waals surface area contributed by atoms with Crippen LogP contribution < -0.4 is 9.47 Å². The molecule has 0 amide bonds. The van der Waals surface area contributed by atoms with Gasteiger partial charge in [-0.25, -0.2) is 0 Å². The summed E-state index contributed by atoms with van der Waals surface area (Å²) in [6.07, 6.45) is -0.939. The number of phenols is 2. The molecule has 0 unspecified atom stereocenters. The highest BCUT2D eigenvalue weighted by Crippen LogP contribution is 2.27. The van der Waals surface area contributed by atoms with E-state index in [9.17, 15) is 28.2 Å². The molecule has 0 saturated heterocycles. The molecular weight excluding hydrogens is 408 g/mol. The maximum atomic E-state index is 11.8. The number of methoxy groups -OCH3 is 2. The van der Waals surface area contributed by atoms with E-state index in [0.717, 1.165) is 0 Å². The van der Waals surface area contributed by atoms with E-state index in [1.807, 2.05) is 0 Å². The van der Waals surface area contributed by atoms with Crippen LogP contribution in [0.1, 0.15) is 11.1 Å². The van der Waals surface area contributed by atoms with Crippen LogP contribution in [0, 0.1) is 0 Å². The van der Waals surface area contributed by atoms with Crippen molar-refractivity contribution in [3.05, 3.63) is 47.5 Å². The van der Waals surface area contributed by atoms with E-state index in [1.54, 1.807) is 0 Å². The first-order valence-corrected chi connectivity index (χ1v) is 9.38. The van der Waals surface area contributed by atoms with Gasteiger partial charge in [-0.3, -0.25) is 9.59 Å². The number of hydrogen-bond donors (Lipinski definition) is 2. The van der Waals surface area contributed by atoms with Crippen molar-refractivity contribution in [2.75, 3.05) is 14.2 Å². The quantitative estimate of drug-likeness (QED) is 0.632. The first kappa shape index (κ1) is 21.8. The van der Waals surface area contributed by atoms with Crippen LogP contribution in [0.25, 0.3) is 0 Å². The summed E-state index contributed by atoms with van der Waals surface area (Å²) >= 11 is 0. The zero-order valence-electron chi connectivity index (χ0n) is 15.4. The van der Waals surface area contributed by atoms with Crippen molar-refractivity contribution in [1.82, 2.24) is 0 Å². The van der Waals surface area contributed by atoms with Gasteiger partial charge in [-0.05, 0) is 35.4 Å². The number of ether oxygens (including phenoxy) is 2. The number of phenolic OH excluding ortho intramolecular Hbond substituents is 2. The number of benzene rings is 2. The van der Waals surface area contributed by atoms with E-state index in [4.69, 9.17) is 9.47 Å². The van der Waals surface area contributed by atoms with Crippen LogP contribution >= 0.6 is 0 Å². The highest BCUT2D eigenvalue weighted by Gasteiger charge is 2.24. The van der Waals surface area contributed by atoms with Crippen molar-refractivity contribution in [1.29, 1.82) is 0 Å². The van der Waals surface area contributed by atoms with Crippen molar-refractivity contribution in [3.8, 4) is 23.0 Å². The molecule has 156 valence electrons. The lowest BCUT2D eigenvalue weighted by Gasteiger charge is -2.08. The Morgan fingerprint density at radius 2 is 1.17 bits per heavy atom. The summed E-state index contributed by atoms with van der Waals surface area (Å²) in [5, 5.41) is 19.0. The zero-order chi connectivity index (χ0) is 21.6. The van der Waals surface area contributed by atoms with Crippen molar-refractivity contribution in [3.63, 3.8) is 0 Å². The Bertz CT molecular complexity index is 938. The first-order valence-electron chi connectivity index (χ1n) is 8.05. The van der Waals surface area contributed by atoms with Gasteiger partial charge < -0.3 is 28.1 Å². The fraction of sp³-hybridized carbons (Fsp3) is 0.222. The van der Waals surface area contributed by atoms with Gasteiger partial charge in [0.1, 0.15) is 0 Å². The summed E-state index contributed by atoms with van der Waals surface area (Å²) in [4.78, 5) is 23.7. The number of rotatable bonds is 8. The summed E-state index contributed by atoms with van der Waals surface area (Å²) < 4.78 is 41.8. The third kappa shape index (κ3) is 6.28. The summed E-state index contributed by atoms with van der Waals surface area (Å²) in [6.45, 7) is 0. The lowest BCUT2D eigenvalue weighted by Crippen LogP contribution is -2.21. The second-order valence-corrected chi connectivity index (χ2v) is 6.83. The molecule has 0 aliphatic carbocycles. The van der Waals surface area contributed by atoms with Gasteiger partial charge in [-0.2, -0.15) is 0 Å². The van der Waals surface area contributed by atoms with Gasteiger partial charge in [0.15, 0.2) is 23.0 Å². The molecule has 0 radical (unpaired) electrons. The van der Waals surface area contributed by atoms with E-state index in [-0.39, 0.29) is 23.0 Å². The Morgan fingerprint density at radius 1 is 0.793 bits per heavy atom. The highest BCUT2D eigenvalue weighted by atomic mass is 32.3. The molecule has 2 rings (SSSR count). The lowest BCUT2D eigenvalue weighted by atomic mass is 10.1. The molecular formula is C18H18O10S. The molecule has 2 aromatic carbocycles. The van der Waals surface area contributed by atoms with Crippen LogP contribution in [-0.4, -0.2) is 44.8 Å². The molecule has 0 heterocycles. The van der Waals surface area contributed by atoms with Crippen LogP contribution in [0.4, 0.5) is 0 Å². The average molecular weight is 426 g/mol. The largest absolute Gasteiger partial charge is 0.506 e. The van der Waals surface area contributed by atoms with Crippen LogP contribution in [0.5, 0.6) is 23.0 Å². The predicted molar refractivity (Wildman–Crippen MR) is 97.8 cm³/mol. The van der Waals surface area contributed by atoms with E-state index >= 15 is 0 Å². The second kappa shape index (κ2) is 9.15. The second-order valence-electron chi connectivity index (χ2n) is 5.68. The SMILES string of the molecule is COc1cc(CC(=O)OS(=O)(=O)OC(=O)Cc2ccc(O)c(OC)c2)ccc1O. The van der Waals surface area contributed by atoms with Gasteiger partial charge in [0, 0.05) is 0 Å². The molecule has 2 N–H and O–H groups in total. The summed E-state index contributed by atoms with van der Waals surface area (Å²) in [6, 6.07) is 7.93. The molecule has 0 atom stereocenters. The summed E-state index contributed by atoms with van der Waals surface area (Å²) in [5.41, 5.74) is 0.615. The number of carbonyl (C=O) groups excluding carboxylic acids is 2. The minimum Gasteiger partial charge on any atom is -0.504 e. The number of aromatic hydroxyl groups is 2. The van der Waals surface area contributed by atoms with Crippen LogP contribution in [0.15, 0.2) is 36.4 Å². The molecule has 11 heteroatoms. The minimum absolute atomic E-state index is 0.0916. The minimum atomic E-state index is -4.93. The van der Waals surface area contributed by atoms with Gasteiger partial charge in [-0.1, -0.05) is 12.1 Å². The summed E-state index contributed by atoms with van der Waals surface area (Å²) in [5.74, 6) is -2.52. The highest BCUT2D eigenvalue weighted by molar-refractivity contribution is 7.82. The maximum Gasteiger partial charge on any atom is 0.506 e. The topological polar surface area (TPSA) is 146 Å². The third-order valence-electron chi connectivity index (χ3n) is 3.58. The normalized spacial score (nSPS) is 10.8. The molecule has 0 aliphatic rings. The molecule has 0 saturated carbocycles. The Hall–Kier alpha value is -3.47. The monoisotopic (exact) mass is 426 g/mol. The standard InChI is InChI=1S/C18H18O10S/c1-25-15-7-11(3-5-13(15)19)9-17(21)27-29(23,24)28-18(22)10-12-4-6-14(20)16(8-12)26-2/h3-8,19-20H,9-10H2,1-2H3. The van der Waals surface area contributed by atoms with Crippen LogP contribution in [-0.2, 0) is 41.2 Å². The van der Waals surface area contributed by atoms with E-state index in [2.05, 4.69) is 8.37 Å². The molecule has 0 fully saturated rings. The Kier molecular flexibility index (Phi) is 6.89. The summed E-state index contributed by atoms with van der Waals surface area (Å²) in [7, 11) is -2.31. The average Bonchev–Trinajstić information content (AvgIpc) is 2.63. The molecule has 2 aromatic rings. The first-order chi connectivity index (χ1) is 13.6. The van der Waals surface area contributed by atoms with Crippen molar-refractivity contribution in [2.24, 2.45) is 0 Å². The Balaban J connectivity index is 1.96. The Labute approximate surface area is 166 Å². The van der Waals surface area contributed by atoms with Crippen LogP contribution in [0.3, 0.4) is 0 Å². The fourth-order valence-electron chi connectivity index (χ4n) is 2.30. The predicted octanol–water partition coefficient (Wildman–Crippen LogP) is 1.23. The van der Waals surface area contributed by atoms with Gasteiger partial charge in [0.05, 0.1) is 27.1 Å². The molecule has 0 aromatic heterocycles. The van der Waals surface area contributed by atoms with Crippen molar-refractivity contribution < 1.29 is 46.1 Å². The fourth-order valence-corrected chi connectivity index (χ4v) is 2.91. The zero-order valence-corrected chi connectivity index (χ0v) is 16.3. The Morgan fingerprint density at radius 3 is 1.52 bits per heavy atom. The molecule has 0 aliphatic heterocycles. The van der Waals surface area contributed by atoms with Gasteiger partial charge in [-0.15, -0.1) is 8.42 Å². The van der Waals surface area contributed by atoms with E-state index in [0.29, 0.717) is 11.1 Å². The molecule has 0 spiro atoms. The van der Waals surface area contributed by atoms with E-state index < -0.39 is 35.2 Å². The number of carbonyl (C=O) groups is 2. The molecule has 29 heavy (non-hydrogen) atoms. The smallest absolute Gasteiger partial charge is 0.504 e. The van der Waals surface area contributed by atoms with Crippen molar-refractivity contribution in [2.45, 2.75) is 12.8 Å². The molecule has 0 bridgehead atoms. The van der Waals surface area contributed by atoms with Gasteiger partial charge in [0.2, 0.25) is 0 Å². The number of hydrogen-bond acceptors (Lipinski definition) is 10. The molecule has 10 nitrogen and oxygen atoms in total.